The number of benzene rings is 2. The lowest BCUT2D eigenvalue weighted by molar-refractivity contribution is -0.385. The molecule has 0 fully saturated rings. The van der Waals surface area contributed by atoms with Crippen molar-refractivity contribution < 1.29 is 10.0 Å². The van der Waals surface area contributed by atoms with Crippen molar-refractivity contribution in [3.05, 3.63) is 58.1 Å². The maximum atomic E-state index is 10.7. The summed E-state index contributed by atoms with van der Waals surface area (Å²) >= 11 is 0. The summed E-state index contributed by atoms with van der Waals surface area (Å²) < 4.78 is 0. The Morgan fingerprint density at radius 1 is 1.00 bits per heavy atom. The number of hydrogen-bond acceptors (Lipinski definition) is 3. The van der Waals surface area contributed by atoms with Gasteiger partial charge in [-0.15, -0.1) is 0 Å². The molecule has 20 heavy (non-hydrogen) atoms. The van der Waals surface area contributed by atoms with Crippen molar-refractivity contribution in [1.29, 1.82) is 0 Å². The van der Waals surface area contributed by atoms with E-state index in [1.807, 2.05) is 24.3 Å². The largest absolute Gasteiger partial charge is 0.502 e. The van der Waals surface area contributed by atoms with Crippen LogP contribution in [0.5, 0.6) is 5.75 Å². The summed E-state index contributed by atoms with van der Waals surface area (Å²) in [5.41, 5.74) is 2.69. The number of hydrogen-bond donors (Lipinski definition) is 1. The van der Waals surface area contributed by atoms with Crippen molar-refractivity contribution in [3.63, 3.8) is 0 Å². The van der Waals surface area contributed by atoms with Gasteiger partial charge >= 0.3 is 5.69 Å². The van der Waals surface area contributed by atoms with Crippen molar-refractivity contribution in [3.8, 4) is 16.9 Å². The van der Waals surface area contributed by atoms with Crippen LogP contribution in [0.25, 0.3) is 11.1 Å². The van der Waals surface area contributed by atoms with E-state index in [1.54, 1.807) is 6.07 Å². The van der Waals surface area contributed by atoms with Gasteiger partial charge in [0, 0.05) is 6.07 Å². The molecule has 1 N–H and O–H groups in total. The first-order valence-electron chi connectivity index (χ1n) is 6.37. The molecule has 0 saturated heterocycles. The highest BCUT2D eigenvalue weighted by molar-refractivity contribution is 5.68. The summed E-state index contributed by atoms with van der Waals surface area (Å²) in [5.74, 6) is -0.313. The molecular weight excluding hydrogens is 254 g/mol. The first-order chi connectivity index (χ1) is 9.29. The zero-order valence-corrected chi connectivity index (χ0v) is 11.8. The van der Waals surface area contributed by atoms with Gasteiger partial charge in [0.1, 0.15) is 0 Å². The molecule has 0 amide bonds. The number of nitro benzene ring substituents is 1. The van der Waals surface area contributed by atoms with Crippen molar-refractivity contribution in [2.75, 3.05) is 0 Å². The van der Waals surface area contributed by atoms with Crippen LogP contribution in [0.1, 0.15) is 26.3 Å². The van der Waals surface area contributed by atoms with E-state index in [-0.39, 0.29) is 16.9 Å². The Balaban J connectivity index is 2.37. The molecule has 0 radical (unpaired) electrons. The number of rotatable bonds is 2. The van der Waals surface area contributed by atoms with Gasteiger partial charge in [-0.1, -0.05) is 45.0 Å². The van der Waals surface area contributed by atoms with Gasteiger partial charge in [-0.3, -0.25) is 10.1 Å². The predicted molar refractivity (Wildman–Crippen MR) is 78.9 cm³/mol. The second-order valence-electron chi connectivity index (χ2n) is 5.79. The third-order valence-electron chi connectivity index (χ3n) is 3.26. The lowest BCUT2D eigenvalue weighted by Gasteiger charge is -2.19. The SMILES string of the molecule is CC(C)(C)c1ccc(-c2ccc([N+](=O)[O-])c(O)c2)cc1. The van der Waals surface area contributed by atoms with Gasteiger partial charge in [0.15, 0.2) is 5.75 Å². The van der Waals surface area contributed by atoms with Gasteiger partial charge in [0.2, 0.25) is 0 Å². The molecule has 0 heterocycles. The maximum absolute atomic E-state index is 10.7. The smallest absolute Gasteiger partial charge is 0.310 e. The summed E-state index contributed by atoms with van der Waals surface area (Å²) in [6.45, 7) is 6.42. The lowest BCUT2D eigenvalue weighted by Crippen LogP contribution is -2.10. The number of nitrogens with zero attached hydrogens (tertiary/aromatic N) is 1. The van der Waals surface area contributed by atoms with Gasteiger partial charge < -0.3 is 5.11 Å². The molecule has 0 atom stereocenters. The fourth-order valence-electron chi connectivity index (χ4n) is 2.02. The minimum absolute atomic E-state index is 0.0795. The van der Waals surface area contributed by atoms with Crippen LogP contribution in [0.15, 0.2) is 42.5 Å². The number of phenols is 1. The number of aromatic hydroxyl groups is 1. The van der Waals surface area contributed by atoms with E-state index in [0.717, 1.165) is 11.1 Å². The average molecular weight is 271 g/mol. The van der Waals surface area contributed by atoms with Crippen LogP contribution in [0.2, 0.25) is 0 Å². The highest BCUT2D eigenvalue weighted by atomic mass is 16.6. The van der Waals surface area contributed by atoms with E-state index in [9.17, 15) is 15.2 Å². The highest BCUT2D eigenvalue weighted by Gasteiger charge is 2.15. The molecule has 0 aliphatic carbocycles. The standard InChI is InChI=1S/C16H17NO3/c1-16(2,3)13-7-4-11(5-8-13)12-6-9-14(17(19)20)15(18)10-12/h4-10,18H,1-3H3. The zero-order chi connectivity index (χ0) is 14.9. The average Bonchev–Trinajstić information content (AvgIpc) is 2.37. The van der Waals surface area contributed by atoms with Crippen LogP contribution in [0.3, 0.4) is 0 Å². The minimum atomic E-state index is -0.595. The normalized spacial score (nSPS) is 11.3. The van der Waals surface area contributed by atoms with E-state index >= 15 is 0 Å². The summed E-state index contributed by atoms with van der Waals surface area (Å²) in [5, 5.41) is 20.3. The third-order valence-corrected chi connectivity index (χ3v) is 3.26. The van der Waals surface area contributed by atoms with Crippen molar-refractivity contribution in [2.45, 2.75) is 26.2 Å². The fourth-order valence-corrected chi connectivity index (χ4v) is 2.02. The Kier molecular flexibility index (Phi) is 3.49. The van der Waals surface area contributed by atoms with Gasteiger partial charge in [0.25, 0.3) is 0 Å². The molecule has 0 spiro atoms. The zero-order valence-electron chi connectivity index (χ0n) is 11.8. The van der Waals surface area contributed by atoms with Crippen molar-refractivity contribution in [1.82, 2.24) is 0 Å². The van der Waals surface area contributed by atoms with Gasteiger partial charge in [0.05, 0.1) is 4.92 Å². The second kappa shape index (κ2) is 4.96. The quantitative estimate of drug-likeness (QED) is 0.655. The molecule has 0 aliphatic rings. The van der Waals surface area contributed by atoms with E-state index in [4.69, 9.17) is 0 Å². The van der Waals surface area contributed by atoms with Crippen molar-refractivity contribution in [2.24, 2.45) is 0 Å². The molecule has 0 saturated carbocycles. The minimum Gasteiger partial charge on any atom is -0.502 e. The first kappa shape index (κ1) is 14.1. The predicted octanol–water partition coefficient (Wildman–Crippen LogP) is 4.26. The Hall–Kier alpha value is -2.36. The monoisotopic (exact) mass is 271 g/mol. The molecule has 2 aromatic rings. The molecule has 4 nitrogen and oxygen atoms in total. The van der Waals surface area contributed by atoms with E-state index in [0.29, 0.717) is 0 Å². The molecular formula is C16H17NO3. The molecule has 0 bridgehead atoms. The molecule has 2 aromatic carbocycles. The van der Waals surface area contributed by atoms with Crippen LogP contribution in [0.4, 0.5) is 5.69 Å². The first-order valence-corrected chi connectivity index (χ1v) is 6.37. The molecule has 0 aromatic heterocycles. The number of phenolic OH excluding ortho intramolecular Hbond substituents is 1. The van der Waals surface area contributed by atoms with E-state index < -0.39 is 4.92 Å². The van der Waals surface area contributed by atoms with Crippen LogP contribution in [-0.2, 0) is 5.41 Å². The Labute approximate surface area is 117 Å². The third kappa shape index (κ3) is 2.79. The van der Waals surface area contributed by atoms with Crippen LogP contribution in [-0.4, -0.2) is 10.0 Å². The topological polar surface area (TPSA) is 63.4 Å². The Morgan fingerprint density at radius 2 is 1.55 bits per heavy atom. The Bertz CT molecular complexity index is 640. The van der Waals surface area contributed by atoms with Crippen LogP contribution >= 0.6 is 0 Å². The molecule has 2 rings (SSSR count). The molecule has 4 heteroatoms. The maximum Gasteiger partial charge on any atom is 0.310 e. The van der Waals surface area contributed by atoms with E-state index in [2.05, 4.69) is 20.8 Å². The number of nitro groups is 1. The summed E-state index contributed by atoms with van der Waals surface area (Å²) in [7, 11) is 0. The summed E-state index contributed by atoms with van der Waals surface area (Å²) in [6, 6.07) is 12.4. The van der Waals surface area contributed by atoms with Crippen LogP contribution < -0.4 is 0 Å². The van der Waals surface area contributed by atoms with Gasteiger partial charge in [-0.05, 0) is 34.2 Å². The summed E-state index contributed by atoms with van der Waals surface area (Å²) in [4.78, 5) is 10.1. The van der Waals surface area contributed by atoms with E-state index in [1.165, 1.54) is 17.7 Å². The highest BCUT2D eigenvalue weighted by Crippen LogP contribution is 2.32. The molecule has 0 aliphatic heterocycles. The Morgan fingerprint density at radius 3 is 2.00 bits per heavy atom. The van der Waals surface area contributed by atoms with Gasteiger partial charge in [-0.25, -0.2) is 0 Å². The van der Waals surface area contributed by atoms with Gasteiger partial charge in [-0.2, -0.15) is 0 Å². The lowest BCUT2D eigenvalue weighted by atomic mass is 9.86. The molecule has 104 valence electrons. The molecule has 0 unspecified atom stereocenters. The second-order valence-corrected chi connectivity index (χ2v) is 5.79. The van der Waals surface area contributed by atoms with Crippen LogP contribution in [0, 0.1) is 10.1 Å². The van der Waals surface area contributed by atoms with Crippen molar-refractivity contribution >= 4 is 5.69 Å². The fraction of sp³-hybridized carbons (Fsp3) is 0.250. The summed E-state index contributed by atoms with van der Waals surface area (Å²) in [6.07, 6.45) is 0.